The quantitative estimate of drug-likeness (QED) is 0.652. The number of hydrogen-bond donors (Lipinski definition) is 2. The minimum absolute atomic E-state index is 0.101. The van der Waals surface area contributed by atoms with Crippen LogP contribution in [0.3, 0.4) is 0 Å². The Labute approximate surface area is 110 Å². The van der Waals surface area contributed by atoms with Crippen LogP contribution in [-0.4, -0.2) is 10.0 Å². The lowest BCUT2D eigenvalue weighted by atomic mass is 9.91. The van der Waals surface area contributed by atoms with Gasteiger partial charge in [0.25, 0.3) is 5.69 Å². The van der Waals surface area contributed by atoms with E-state index in [2.05, 4.69) is 0 Å². The number of nitrogens with two attached hydrogens (primary N) is 1. The second-order valence-electron chi connectivity index (χ2n) is 4.66. The molecule has 1 saturated carbocycles. The molecule has 3 N–H and O–H groups in total. The Bertz CT molecular complexity index is 473. The van der Waals surface area contributed by atoms with Gasteiger partial charge in [-0.2, -0.15) is 0 Å². The van der Waals surface area contributed by atoms with Crippen molar-refractivity contribution in [1.82, 2.24) is 0 Å². The van der Waals surface area contributed by atoms with Crippen molar-refractivity contribution in [2.75, 3.05) is 0 Å². The highest BCUT2D eigenvalue weighted by molar-refractivity contribution is 6.32. The lowest BCUT2D eigenvalue weighted by Gasteiger charge is -2.20. The molecule has 0 aromatic heterocycles. The highest BCUT2D eigenvalue weighted by atomic mass is 35.5. The van der Waals surface area contributed by atoms with Crippen LogP contribution in [0, 0.1) is 16.0 Å². The number of nitrogens with zero attached hydrogens (tertiary/aromatic N) is 1. The van der Waals surface area contributed by atoms with Gasteiger partial charge in [0, 0.05) is 12.1 Å². The summed E-state index contributed by atoms with van der Waals surface area (Å²) in [5, 5.41) is 21.0. The molecule has 0 heterocycles. The monoisotopic (exact) mass is 270 g/mol. The van der Waals surface area contributed by atoms with Crippen molar-refractivity contribution in [3.05, 3.63) is 32.8 Å². The Morgan fingerprint density at radius 2 is 2.06 bits per heavy atom. The molecule has 0 amide bonds. The topological polar surface area (TPSA) is 89.4 Å². The van der Waals surface area contributed by atoms with Crippen LogP contribution in [-0.2, 0) is 0 Å². The fourth-order valence-corrected chi connectivity index (χ4v) is 2.78. The summed E-state index contributed by atoms with van der Waals surface area (Å²) in [6.45, 7) is 0. The van der Waals surface area contributed by atoms with Crippen molar-refractivity contribution in [2.24, 2.45) is 11.7 Å². The number of rotatable bonds is 3. The zero-order valence-corrected chi connectivity index (χ0v) is 10.6. The Balaban J connectivity index is 2.46. The van der Waals surface area contributed by atoms with E-state index in [4.69, 9.17) is 17.3 Å². The number of benzene rings is 1. The maximum Gasteiger partial charge on any atom is 0.278 e. The van der Waals surface area contributed by atoms with Gasteiger partial charge >= 0.3 is 0 Å². The number of nitro groups is 1. The SMILES string of the molecule is N[C@H](c1c([N+](=O)[O-])ccc(Cl)c1O)C1CCCC1. The molecule has 1 atom stereocenters. The average molecular weight is 271 g/mol. The Morgan fingerprint density at radius 3 is 2.61 bits per heavy atom. The molecule has 5 nitrogen and oxygen atoms in total. The largest absolute Gasteiger partial charge is 0.506 e. The van der Waals surface area contributed by atoms with Crippen LogP contribution in [0.5, 0.6) is 5.75 Å². The normalized spacial score (nSPS) is 17.9. The lowest BCUT2D eigenvalue weighted by molar-refractivity contribution is -0.385. The fraction of sp³-hybridized carbons (Fsp3) is 0.500. The first kappa shape index (κ1) is 13.1. The first-order chi connectivity index (χ1) is 8.52. The van der Waals surface area contributed by atoms with Crippen LogP contribution < -0.4 is 5.73 Å². The van der Waals surface area contributed by atoms with E-state index in [1.165, 1.54) is 12.1 Å². The zero-order valence-electron chi connectivity index (χ0n) is 9.80. The summed E-state index contributed by atoms with van der Waals surface area (Å²) in [6, 6.07) is 2.08. The third-order valence-electron chi connectivity index (χ3n) is 3.58. The first-order valence-corrected chi connectivity index (χ1v) is 6.31. The first-order valence-electron chi connectivity index (χ1n) is 5.93. The summed E-state index contributed by atoms with van der Waals surface area (Å²) in [6.07, 6.45) is 4.02. The molecule has 1 fully saturated rings. The molecule has 0 aliphatic heterocycles. The fourth-order valence-electron chi connectivity index (χ4n) is 2.61. The zero-order chi connectivity index (χ0) is 13.3. The minimum atomic E-state index is -0.536. The van der Waals surface area contributed by atoms with Crippen molar-refractivity contribution in [2.45, 2.75) is 31.7 Å². The van der Waals surface area contributed by atoms with E-state index >= 15 is 0 Å². The van der Waals surface area contributed by atoms with Gasteiger partial charge in [-0.1, -0.05) is 24.4 Å². The summed E-state index contributed by atoms with van der Waals surface area (Å²) in [5.41, 5.74) is 6.10. The predicted molar refractivity (Wildman–Crippen MR) is 68.7 cm³/mol. The van der Waals surface area contributed by atoms with Gasteiger partial charge in [0.2, 0.25) is 0 Å². The van der Waals surface area contributed by atoms with Crippen LogP contribution in [0.2, 0.25) is 5.02 Å². The van der Waals surface area contributed by atoms with Crippen LogP contribution in [0.25, 0.3) is 0 Å². The lowest BCUT2D eigenvalue weighted by Crippen LogP contribution is -2.20. The maximum absolute atomic E-state index is 11.0. The van der Waals surface area contributed by atoms with Gasteiger partial charge in [-0.15, -0.1) is 0 Å². The third-order valence-corrected chi connectivity index (χ3v) is 3.89. The summed E-state index contributed by atoms with van der Waals surface area (Å²) in [4.78, 5) is 10.5. The van der Waals surface area contributed by atoms with Gasteiger partial charge in [0.1, 0.15) is 5.75 Å². The van der Waals surface area contributed by atoms with Gasteiger partial charge in [-0.05, 0) is 24.8 Å². The summed E-state index contributed by atoms with van der Waals surface area (Å²) >= 11 is 5.81. The molecule has 6 heteroatoms. The second kappa shape index (κ2) is 5.12. The Kier molecular flexibility index (Phi) is 3.73. The molecule has 1 aliphatic carbocycles. The molecule has 0 unspecified atom stereocenters. The van der Waals surface area contributed by atoms with Gasteiger partial charge in [-0.3, -0.25) is 10.1 Å². The second-order valence-corrected chi connectivity index (χ2v) is 5.06. The predicted octanol–water partition coefficient (Wildman–Crippen LogP) is 3.14. The number of aromatic hydroxyl groups is 1. The Hall–Kier alpha value is -1.33. The van der Waals surface area contributed by atoms with Crippen molar-refractivity contribution in [3.63, 3.8) is 0 Å². The summed E-state index contributed by atoms with van der Waals surface area (Å²) < 4.78 is 0. The third kappa shape index (κ3) is 2.28. The minimum Gasteiger partial charge on any atom is -0.506 e. The molecule has 0 spiro atoms. The number of hydrogen-bond acceptors (Lipinski definition) is 4. The van der Waals surface area contributed by atoms with Gasteiger partial charge in [-0.25, -0.2) is 0 Å². The molecule has 0 bridgehead atoms. The van der Waals surface area contributed by atoms with Crippen LogP contribution in [0.4, 0.5) is 5.69 Å². The smallest absolute Gasteiger partial charge is 0.278 e. The molecule has 2 rings (SSSR count). The van der Waals surface area contributed by atoms with Crippen molar-refractivity contribution < 1.29 is 10.0 Å². The molecule has 98 valence electrons. The summed E-state index contributed by atoms with van der Waals surface area (Å²) in [7, 11) is 0. The molecule has 1 aliphatic rings. The molecule has 1 aromatic rings. The van der Waals surface area contributed by atoms with Crippen molar-refractivity contribution >= 4 is 17.3 Å². The molecule has 0 saturated heterocycles. The van der Waals surface area contributed by atoms with Crippen molar-refractivity contribution in [3.8, 4) is 5.75 Å². The summed E-state index contributed by atoms with van der Waals surface area (Å²) in [5.74, 6) is -0.0849. The number of phenolic OH excluding ortho intramolecular Hbond substituents is 1. The van der Waals surface area contributed by atoms with E-state index in [0.717, 1.165) is 25.7 Å². The molecule has 18 heavy (non-hydrogen) atoms. The molecule has 0 radical (unpaired) electrons. The molecule has 1 aromatic carbocycles. The number of phenols is 1. The van der Waals surface area contributed by atoms with E-state index in [1.54, 1.807) is 0 Å². The highest BCUT2D eigenvalue weighted by Gasteiger charge is 2.31. The van der Waals surface area contributed by atoms with E-state index in [9.17, 15) is 15.2 Å². The van der Waals surface area contributed by atoms with E-state index in [-0.39, 0.29) is 27.9 Å². The van der Waals surface area contributed by atoms with E-state index in [1.807, 2.05) is 0 Å². The molecular weight excluding hydrogens is 256 g/mol. The van der Waals surface area contributed by atoms with Gasteiger partial charge in [0.15, 0.2) is 0 Å². The van der Waals surface area contributed by atoms with E-state index < -0.39 is 11.0 Å². The highest BCUT2D eigenvalue weighted by Crippen LogP contribution is 2.43. The van der Waals surface area contributed by atoms with E-state index in [0.29, 0.717) is 0 Å². The van der Waals surface area contributed by atoms with Crippen LogP contribution >= 0.6 is 11.6 Å². The van der Waals surface area contributed by atoms with Gasteiger partial charge < -0.3 is 10.8 Å². The van der Waals surface area contributed by atoms with Gasteiger partial charge in [0.05, 0.1) is 15.5 Å². The maximum atomic E-state index is 11.0. The molecular formula is C12H15ClN2O3. The average Bonchev–Trinajstić information content (AvgIpc) is 2.84. The standard InChI is InChI=1S/C12H15ClN2O3/c13-8-5-6-9(15(17)18)10(12(8)16)11(14)7-3-1-2-4-7/h5-7,11,16H,1-4,14H2/t11-/m0/s1. The van der Waals surface area contributed by atoms with Crippen LogP contribution in [0.1, 0.15) is 37.3 Å². The number of nitro benzene ring substituents is 1. The number of halogens is 1. The van der Waals surface area contributed by atoms with Crippen molar-refractivity contribution in [1.29, 1.82) is 0 Å². The Morgan fingerprint density at radius 1 is 1.44 bits per heavy atom. The van der Waals surface area contributed by atoms with Crippen LogP contribution in [0.15, 0.2) is 12.1 Å².